The average Bonchev–Trinajstić information content (AvgIpc) is 3.70. The lowest BCUT2D eigenvalue weighted by molar-refractivity contribution is 0.620. The van der Waals surface area contributed by atoms with Crippen molar-refractivity contribution in [2.45, 2.75) is 0 Å². The van der Waals surface area contributed by atoms with E-state index in [9.17, 15) is 0 Å². The summed E-state index contributed by atoms with van der Waals surface area (Å²) < 4.78 is 8.55. The molecule has 0 aliphatic carbocycles. The highest BCUT2D eigenvalue weighted by atomic mass is 16.3. The van der Waals surface area contributed by atoms with Crippen LogP contribution in [0, 0.1) is 0 Å². The van der Waals surface area contributed by atoms with Crippen LogP contribution in [0.3, 0.4) is 0 Å². The third kappa shape index (κ3) is 4.11. The summed E-state index contributed by atoms with van der Waals surface area (Å²) in [5.41, 5.74) is 9.40. The van der Waals surface area contributed by atoms with E-state index in [0.717, 1.165) is 50.2 Å². The van der Waals surface area contributed by atoms with E-state index < -0.39 is 0 Å². The van der Waals surface area contributed by atoms with Gasteiger partial charge in [0.1, 0.15) is 5.52 Å². The summed E-state index contributed by atoms with van der Waals surface area (Å²) in [5.74, 6) is 0.634. The summed E-state index contributed by atoms with van der Waals surface area (Å²) in [7, 11) is 0. The molecular weight excluding hydrogens is 550 g/mol. The highest BCUT2D eigenvalue weighted by Crippen LogP contribution is 2.44. The second-order valence-electron chi connectivity index (χ2n) is 11.2. The predicted octanol–water partition coefficient (Wildman–Crippen LogP) is 11.2. The number of hydrogen-bond donors (Lipinski definition) is 0. The lowest BCUT2D eigenvalue weighted by Gasteiger charge is -2.27. The summed E-state index contributed by atoms with van der Waals surface area (Å²) in [4.78, 5) is 7.29. The molecule has 0 radical (unpaired) electrons. The summed E-state index contributed by atoms with van der Waals surface area (Å²) in [6.07, 6.45) is 0. The molecule has 0 fully saturated rings. The largest absolute Gasteiger partial charge is 0.436 e. The van der Waals surface area contributed by atoms with Crippen LogP contribution in [-0.2, 0) is 0 Å². The molecule has 4 heteroatoms. The minimum atomic E-state index is 0.634. The van der Waals surface area contributed by atoms with Gasteiger partial charge in [0.05, 0.1) is 16.7 Å². The second kappa shape index (κ2) is 10.2. The fourth-order valence-corrected chi connectivity index (χ4v) is 6.60. The van der Waals surface area contributed by atoms with Gasteiger partial charge >= 0.3 is 0 Å². The molecule has 4 nitrogen and oxygen atoms in total. The minimum Gasteiger partial charge on any atom is -0.436 e. The van der Waals surface area contributed by atoms with E-state index in [1.807, 2.05) is 36.4 Å². The number of hydrogen-bond acceptors (Lipinski definition) is 3. The van der Waals surface area contributed by atoms with Gasteiger partial charge in [-0.05, 0) is 84.2 Å². The van der Waals surface area contributed by atoms with E-state index in [1.54, 1.807) is 0 Å². The van der Waals surface area contributed by atoms with Crippen LogP contribution in [0.1, 0.15) is 0 Å². The van der Waals surface area contributed by atoms with Crippen molar-refractivity contribution in [2.75, 3.05) is 4.90 Å². The van der Waals surface area contributed by atoms with Crippen molar-refractivity contribution in [3.05, 3.63) is 164 Å². The SMILES string of the molecule is c1ccc(-c2nc3c(ccc4cc(N(c5ccccc5)c5cccc6c5c5ccccc5n6-c5ccccc5)ccc43)o2)cc1. The fourth-order valence-electron chi connectivity index (χ4n) is 6.60. The number of nitrogens with zero attached hydrogens (tertiary/aromatic N) is 3. The Morgan fingerprint density at radius 3 is 2.07 bits per heavy atom. The first-order chi connectivity index (χ1) is 22.3. The van der Waals surface area contributed by atoms with Crippen molar-refractivity contribution in [3.63, 3.8) is 0 Å². The van der Waals surface area contributed by atoms with Crippen LogP contribution < -0.4 is 4.90 Å². The van der Waals surface area contributed by atoms with Crippen LogP contribution in [0.2, 0.25) is 0 Å². The molecule has 0 aliphatic rings. The Morgan fingerprint density at radius 2 is 1.24 bits per heavy atom. The van der Waals surface area contributed by atoms with Gasteiger partial charge in [0, 0.05) is 38.8 Å². The molecule has 0 saturated heterocycles. The fraction of sp³-hybridized carbons (Fsp3) is 0. The molecule has 0 atom stereocenters. The molecule has 0 N–H and O–H groups in total. The summed E-state index contributed by atoms with van der Waals surface area (Å²) in [5, 5.41) is 4.59. The molecular formula is C41H27N3O. The van der Waals surface area contributed by atoms with Crippen LogP contribution in [0.4, 0.5) is 17.1 Å². The van der Waals surface area contributed by atoms with Gasteiger partial charge in [0.2, 0.25) is 5.89 Å². The third-order valence-corrected chi connectivity index (χ3v) is 8.58. The van der Waals surface area contributed by atoms with Gasteiger partial charge in [0.25, 0.3) is 0 Å². The second-order valence-corrected chi connectivity index (χ2v) is 11.2. The van der Waals surface area contributed by atoms with E-state index in [1.165, 1.54) is 21.8 Å². The molecule has 0 saturated carbocycles. The molecule has 2 aromatic heterocycles. The number of oxazole rings is 1. The van der Waals surface area contributed by atoms with Gasteiger partial charge in [-0.3, -0.25) is 0 Å². The van der Waals surface area contributed by atoms with Crippen molar-refractivity contribution >= 4 is 60.7 Å². The highest BCUT2D eigenvalue weighted by molar-refractivity contribution is 6.17. The number of fused-ring (bicyclic) bond motifs is 6. The maximum absolute atomic E-state index is 6.18. The molecule has 0 amide bonds. The number of aromatic nitrogens is 2. The molecule has 0 unspecified atom stereocenters. The summed E-state index contributed by atoms with van der Waals surface area (Å²) >= 11 is 0. The Labute approximate surface area is 260 Å². The molecule has 0 spiro atoms. The number of benzene rings is 7. The van der Waals surface area contributed by atoms with Gasteiger partial charge in [-0.1, -0.05) is 84.9 Å². The normalized spacial score (nSPS) is 11.6. The quantitative estimate of drug-likeness (QED) is 0.204. The number of para-hydroxylation sites is 3. The highest BCUT2D eigenvalue weighted by Gasteiger charge is 2.21. The maximum atomic E-state index is 6.18. The zero-order chi connectivity index (χ0) is 29.7. The Kier molecular flexibility index (Phi) is 5.78. The topological polar surface area (TPSA) is 34.2 Å². The van der Waals surface area contributed by atoms with Crippen molar-refractivity contribution in [1.82, 2.24) is 9.55 Å². The Hall–Kier alpha value is -6.13. The molecule has 7 aromatic carbocycles. The van der Waals surface area contributed by atoms with Crippen molar-refractivity contribution in [1.29, 1.82) is 0 Å². The summed E-state index contributed by atoms with van der Waals surface area (Å²) in [6.45, 7) is 0. The van der Waals surface area contributed by atoms with Crippen LogP contribution in [0.25, 0.3) is 60.8 Å². The molecule has 2 heterocycles. The summed E-state index contributed by atoms with van der Waals surface area (Å²) in [6, 6.07) is 57.4. The maximum Gasteiger partial charge on any atom is 0.227 e. The van der Waals surface area contributed by atoms with Crippen LogP contribution in [0.5, 0.6) is 0 Å². The van der Waals surface area contributed by atoms with Crippen LogP contribution >= 0.6 is 0 Å². The van der Waals surface area contributed by atoms with Gasteiger partial charge in [-0.2, -0.15) is 0 Å². The van der Waals surface area contributed by atoms with E-state index >= 15 is 0 Å². The first kappa shape index (κ1) is 25.4. The van der Waals surface area contributed by atoms with E-state index in [4.69, 9.17) is 9.40 Å². The smallest absolute Gasteiger partial charge is 0.227 e. The van der Waals surface area contributed by atoms with E-state index in [2.05, 4.69) is 137 Å². The van der Waals surface area contributed by atoms with Crippen molar-refractivity contribution in [3.8, 4) is 17.1 Å². The lowest BCUT2D eigenvalue weighted by atomic mass is 10.1. The molecule has 0 aliphatic heterocycles. The van der Waals surface area contributed by atoms with E-state index in [0.29, 0.717) is 5.89 Å². The minimum absolute atomic E-state index is 0.634. The zero-order valence-corrected chi connectivity index (χ0v) is 24.3. The van der Waals surface area contributed by atoms with Gasteiger partial charge in [0.15, 0.2) is 5.58 Å². The zero-order valence-electron chi connectivity index (χ0n) is 24.3. The molecule has 212 valence electrons. The average molecular weight is 578 g/mol. The predicted molar refractivity (Wildman–Crippen MR) is 186 cm³/mol. The Bertz CT molecular complexity index is 2480. The van der Waals surface area contributed by atoms with Crippen molar-refractivity contribution < 1.29 is 4.42 Å². The molecule has 9 rings (SSSR count). The first-order valence-corrected chi connectivity index (χ1v) is 15.1. The van der Waals surface area contributed by atoms with Crippen LogP contribution in [-0.4, -0.2) is 9.55 Å². The van der Waals surface area contributed by atoms with Gasteiger partial charge in [-0.25, -0.2) is 4.98 Å². The van der Waals surface area contributed by atoms with Gasteiger partial charge < -0.3 is 13.9 Å². The lowest BCUT2D eigenvalue weighted by Crippen LogP contribution is -2.10. The standard InChI is InChI=1S/C41H27N3O/c1-4-13-28(14-5-1)41-42-40-33-25-24-32(27-29(33)23-26-38(40)45-41)43(30-15-6-2-7-16-30)36-21-12-22-37-39(36)34-19-10-11-20-35(34)44(37)31-17-8-3-9-18-31/h1-27H. The molecule has 45 heavy (non-hydrogen) atoms. The van der Waals surface area contributed by atoms with Crippen molar-refractivity contribution in [2.24, 2.45) is 0 Å². The molecule has 9 aromatic rings. The van der Waals surface area contributed by atoms with Crippen LogP contribution in [0.15, 0.2) is 168 Å². The third-order valence-electron chi connectivity index (χ3n) is 8.58. The first-order valence-electron chi connectivity index (χ1n) is 15.1. The monoisotopic (exact) mass is 577 g/mol. The Morgan fingerprint density at radius 1 is 0.533 bits per heavy atom. The Balaban J connectivity index is 1.28. The molecule has 0 bridgehead atoms. The van der Waals surface area contributed by atoms with E-state index in [-0.39, 0.29) is 0 Å². The number of anilines is 3. The van der Waals surface area contributed by atoms with Gasteiger partial charge in [-0.15, -0.1) is 0 Å². The number of rotatable bonds is 5.